The first-order valence-electron chi connectivity index (χ1n) is 7.37. The Labute approximate surface area is 131 Å². The summed E-state index contributed by atoms with van der Waals surface area (Å²) in [7, 11) is 1.79. The lowest BCUT2D eigenvalue weighted by molar-refractivity contribution is 0.0788. The summed E-state index contributed by atoms with van der Waals surface area (Å²) in [5.74, 6) is 0.871. The number of amides is 1. The fourth-order valence-corrected chi connectivity index (χ4v) is 2.20. The van der Waals surface area contributed by atoms with Gasteiger partial charge in [-0.3, -0.25) is 4.79 Å². The molecule has 4 nitrogen and oxygen atoms in total. The molecule has 0 radical (unpaired) electrons. The van der Waals surface area contributed by atoms with E-state index < -0.39 is 0 Å². The van der Waals surface area contributed by atoms with Gasteiger partial charge in [0, 0.05) is 24.8 Å². The van der Waals surface area contributed by atoms with E-state index in [-0.39, 0.29) is 5.91 Å². The SMILES string of the molecule is Cc1ccccc1OCCCN(C)C(=O)c1cccc(N)c1. The Kier molecular flexibility index (Phi) is 5.42. The number of nitrogen functional groups attached to an aromatic ring is 1. The third-order valence-electron chi connectivity index (χ3n) is 3.47. The Morgan fingerprint density at radius 2 is 1.95 bits per heavy atom. The molecule has 2 aromatic carbocycles. The van der Waals surface area contributed by atoms with Crippen LogP contribution >= 0.6 is 0 Å². The van der Waals surface area contributed by atoms with E-state index in [2.05, 4.69) is 0 Å². The van der Waals surface area contributed by atoms with E-state index in [1.165, 1.54) is 0 Å². The zero-order valence-electron chi connectivity index (χ0n) is 13.1. The van der Waals surface area contributed by atoms with Gasteiger partial charge in [0.25, 0.3) is 5.91 Å². The van der Waals surface area contributed by atoms with Crippen molar-refractivity contribution in [2.24, 2.45) is 0 Å². The van der Waals surface area contributed by atoms with Gasteiger partial charge in [-0.25, -0.2) is 0 Å². The molecule has 0 aliphatic heterocycles. The maximum atomic E-state index is 12.2. The van der Waals surface area contributed by atoms with Crippen LogP contribution in [0.2, 0.25) is 0 Å². The lowest BCUT2D eigenvalue weighted by atomic mass is 10.2. The molecule has 4 heteroatoms. The van der Waals surface area contributed by atoms with Gasteiger partial charge < -0.3 is 15.4 Å². The van der Waals surface area contributed by atoms with Gasteiger partial charge in [0.1, 0.15) is 5.75 Å². The molecule has 0 unspecified atom stereocenters. The minimum Gasteiger partial charge on any atom is -0.493 e. The molecule has 0 atom stereocenters. The van der Waals surface area contributed by atoms with Crippen molar-refractivity contribution < 1.29 is 9.53 Å². The first-order chi connectivity index (χ1) is 10.6. The second kappa shape index (κ2) is 7.50. The summed E-state index contributed by atoms with van der Waals surface area (Å²) < 4.78 is 5.73. The molecule has 0 bridgehead atoms. The van der Waals surface area contributed by atoms with E-state index in [1.54, 1.807) is 36.2 Å². The average Bonchev–Trinajstić information content (AvgIpc) is 2.52. The summed E-state index contributed by atoms with van der Waals surface area (Å²) in [5.41, 5.74) is 8.04. The van der Waals surface area contributed by atoms with E-state index in [9.17, 15) is 4.79 Å². The Hall–Kier alpha value is -2.49. The number of carbonyl (C=O) groups excluding carboxylic acids is 1. The minimum absolute atomic E-state index is 0.0248. The van der Waals surface area contributed by atoms with Crippen LogP contribution in [-0.4, -0.2) is 31.0 Å². The number of aryl methyl sites for hydroxylation is 1. The van der Waals surface area contributed by atoms with Gasteiger partial charge >= 0.3 is 0 Å². The maximum absolute atomic E-state index is 12.2. The molecule has 0 spiro atoms. The Bertz CT molecular complexity index is 640. The monoisotopic (exact) mass is 298 g/mol. The summed E-state index contributed by atoms with van der Waals surface area (Å²) in [6.45, 7) is 3.24. The Morgan fingerprint density at radius 3 is 2.68 bits per heavy atom. The normalized spacial score (nSPS) is 10.3. The smallest absolute Gasteiger partial charge is 0.253 e. The molecule has 0 aliphatic carbocycles. The van der Waals surface area contributed by atoms with Gasteiger partial charge in [-0.15, -0.1) is 0 Å². The fraction of sp³-hybridized carbons (Fsp3) is 0.278. The van der Waals surface area contributed by atoms with Crippen molar-refractivity contribution in [3.05, 3.63) is 59.7 Å². The standard InChI is InChI=1S/C18H22N2O2/c1-14-7-3-4-10-17(14)22-12-6-11-20(2)18(21)15-8-5-9-16(19)13-15/h3-5,7-10,13H,6,11-12,19H2,1-2H3. The molecule has 0 saturated carbocycles. The Morgan fingerprint density at radius 1 is 1.18 bits per heavy atom. The molecule has 0 aliphatic rings. The minimum atomic E-state index is -0.0248. The third-order valence-corrected chi connectivity index (χ3v) is 3.47. The van der Waals surface area contributed by atoms with Gasteiger partial charge in [-0.05, 0) is 43.2 Å². The van der Waals surface area contributed by atoms with E-state index in [4.69, 9.17) is 10.5 Å². The highest BCUT2D eigenvalue weighted by atomic mass is 16.5. The summed E-state index contributed by atoms with van der Waals surface area (Å²) >= 11 is 0. The Balaban J connectivity index is 1.79. The highest BCUT2D eigenvalue weighted by molar-refractivity contribution is 5.94. The number of nitrogens with zero attached hydrogens (tertiary/aromatic N) is 1. The molecule has 2 N–H and O–H groups in total. The number of carbonyl (C=O) groups is 1. The van der Waals surface area contributed by atoms with Crippen LogP contribution in [-0.2, 0) is 0 Å². The third kappa shape index (κ3) is 4.25. The lowest BCUT2D eigenvalue weighted by Gasteiger charge is -2.17. The van der Waals surface area contributed by atoms with E-state index in [0.717, 1.165) is 17.7 Å². The van der Waals surface area contributed by atoms with E-state index in [1.807, 2.05) is 31.2 Å². The van der Waals surface area contributed by atoms with Gasteiger partial charge in [-0.1, -0.05) is 24.3 Å². The molecule has 0 saturated heterocycles. The number of para-hydroxylation sites is 1. The van der Waals surface area contributed by atoms with Crippen LogP contribution in [0.1, 0.15) is 22.3 Å². The average molecular weight is 298 g/mol. The molecule has 0 aromatic heterocycles. The van der Waals surface area contributed by atoms with Gasteiger partial charge in [0.05, 0.1) is 6.61 Å². The summed E-state index contributed by atoms with van der Waals surface area (Å²) in [5, 5.41) is 0. The fourth-order valence-electron chi connectivity index (χ4n) is 2.20. The molecule has 2 aromatic rings. The van der Waals surface area contributed by atoms with Crippen LogP contribution in [0, 0.1) is 6.92 Å². The quantitative estimate of drug-likeness (QED) is 0.658. The summed E-state index contributed by atoms with van der Waals surface area (Å²) in [6.07, 6.45) is 0.777. The first kappa shape index (κ1) is 15.9. The molecule has 2 rings (SSSR count). The lowest BCUT2D eigenvalue weighted by Crippen LogP contribution is -2.28. The number of nitrogens with two attached hydrogens (primary N) is 1. The second-order valence-corrected chi connectivity index (χ2v) is 5.32. The molecule has 1 amide bonds. The highest BCUT2D eigenvalue weighted by Gasteiger charge is 2.11. The molecule has 0 heterocycles. The zero-order chi connectivity index (χ0) is 15.9. The molecule has 116 valence electrons. The molecular formula is C18H22N2O2. The number of ether oxygens (including phenoxy) is 1. The number of hydrogen-bond donors (Lipinski definition) is 1. The van der Waals surface area contributed by atoms with Crippen LogP contribution < -0.4 is 10.5 Å². The van der Waals surface area contributed by atoms with Gasteiger partial charge in [-0.2, -0.15) is 0 Å². The van der Waals surface area contributed by atoms with Crippen LogP contribution in [0.25, 0.3) is 0 Å². The van der Waals surface area contributed by atoms with Gasteiger partial charge in [0.2, 0.25) is 0 Å². The van der Waals surface area contributed by atoms with E-state index >= 15 is 0 Å². The van der Waals surface area contributed by atoms with Crippen LogP contribution in [0.5, 0.6) is 5.75 Å². The summed E-state index contributed by atoms with van der Waals surface area (Å²) in [4.78, 5) is 13.9. The van der Waals surface area contributed by atoms with Crippen molar-refractivity contribution in [3.8, 4) is 5.75 Å². The van der Waals surface area contributed by atoms with Gasteiger partial charge in [0.15, 0.2) is 0 Å². The van der Waals surface area contributed by atoms with E-state index in [0.29, 0.717) is 24.4 Å². The highest BCUT2D eigenvalue weighted by Crippen LogP contribution is 2.16. The predicted molar refractivity (Wildman–Crippen MR) is 89.1 cm³/mol. The van der Waals surface area contributed by atoms with Crippen LogP contribution in [0.3, 0.4) is 0 Å². The van der Waals surface area contributed by atoms with Crippen LogP contribution in [0.4, 0.5) is 5.69 Å². The zero-order valence-corrected chi connectivity index (χ0v) is 13.1. The largest absolute Gasteiger partial charge is 0.493 e. The van der Waals surface area contributed by atoms with Crippen LogP contribution in [0.15, 0.2) is 48.5 Å². The van der Waals surface area contributed by atoms with Crippen molar-refractivity contribution in [2.45, 2.75) is 13.3 Å². The van der Waals surface area contributed by atoms with Crippen molar-refractivity contribution in [1.82, 2.24) is 4.90 Å². The maximum Gasteiger partial charge on any atom is 0.253 e. The topological polar surface area (TPSA) is 55.6 Å². The first-order valence-corrected chi connectivity index (χ1v) is 7.37. The second-order valence-electron chi connectivity index (χ2n) is 5.32. The van der Waals surface area contributed by atoms with Crippen molar-refractivity contribution in [1.29, 1.82) is 0 Å². The molecular weight excluding hydrogens is 276 g/mol. The number of hydrogen-bond acceptors (Lipinski definition) is 3. The molecule has 22 heavy (non-hydrogen) atoms. The van der Waals surface area contributed by atoms with Crippen molar-refractivity contribution in [3.63, 3.8) is 0 Å². The predicted octanol–water partition coefficient (Wildman–Crippen LogP) is 3.12. The molecule has 0 fully saturated rings. The number of anilines is 1. The summed E-state index contributed by atoms with van der Waals surface area (Å²) in [6, 6.07) is 15.0. The number of benzene rings is 2. The number of rotatable bonds is 6. The van der Waals surface area contributed by atoms with Crippen molar-refractivity contribution >= 4 is 11.6 Å². The van der Waals surface area contributed by atoms with Crippen molar-refractivity contribution in [2.75, 3.05) is 25.9 Å².